The molecule has 1 aromatic heterocycles. The van der Waals surface area contributed by atoms with Crippen molar-refractivity contribution in [2.45, 2.75) is 45.3 Å². The summed E-state index contributed by atoms with van der Waals surface area (Å²) in [6, 6.07) is 10.1. The molecule has 140 valence electrons. The number of aromatic nitrogens is 1. The first-order valence-electron chi connectivity index (χ1n) is 9.32. The van der Waals surface area contributed by atoms with E-state index in [1.807, 2.05) is 35.7 Å². The Morgan fingerprint density at radius 1 is 1.27 bits per heavy atom. The largest absolute Gasteiger partial charge is 0.486 e. The van der Waals surface area contributed by atoms with Crippen LogP contribution in [-0.4, -0.2) is 41.5 Å². The predicted molar refractivity (Wildman–Crippen MR) is 104 cm³/mol. The Balaban J connectivity index is 1.39. The monoisotopic (exact) mass is 373 g/mol. The van der Waals surface area contributed by atoms with Gasteiger partial charge in [0, 0.05) is 18.0 Å². The Morgan fingerprint density at radius 2 is 2.04 bits per heavy atom. The summed E-state index contributed by atoms with van der Waals surface area (Å²) >= 11 is 1.53. The highest BCUT2D eigenvalue weighted by Gasteiger charge is 2.17. The standard InChI is InChI=1S/C20H27N3O2S/c1-16(23-10-6-3-7-11-23)13-21-19(24)12-17-15-26-20(22-17)14-25-18-8-4-2-5-9-18/h2,4-5,8-9,15-16H,3,6-7,10-14H2,1H3,(H,21,24). The molecule has 0 aliphatic carbocycles. The van der Waals surface area contributed by atoms with Crippen molar-refractivity contribution in [3.05, 3.63) is 46.4 Å². The maximum atomic E-state index is 12.2. The molecule has 1 unspecified atom stereocenters. The van der Waals surface area contributed by atoms with Crippen molar-refractivity contribution >= 4 is 17.2 Å². The maximum Gasteiger partial charge on any atom is 0.226 e. The number of likely N-dealkylation sites (tertiary alicyclic amines) is 1. The van der Waals surface area contributed by atoms with Crippen molar-refractivity contribution in [2.75, 3.05) is 19.6 Å². The molecular weight excluding hydrogens is 346 g/mol. The Morgan fingerprint density at radius 3 is 2.81 bits per heavy atom. The zero-order valence-electron chi connectivity index (χ0n) is 15.3. The van der Waals surface area contributed by atoms with Gasteiger partial charge in [0.1, 0.15) is 17.4 Å². The van der Waals surface area contributed by atoms with Crippen LogP contribution in [0.25, 0.3) is 0 Å². The molecule has 1 saturated heterocycles. The van der Waals surface area contributed by atoms with Crippen LogP contribution in [0.15, 0.2) is 35.7 Å². The molecule has 3 rings (SSSR count). The first-order valence-corrected chi connectivity index (χ1v) is 10.2. The van der Waals surface area contributed by atoms with Gasteiger partial charge in [-0.25, -0.2) is 4.98 Å². The van der Waals surface area contributed by atoms with Crippen LogP contribution in [-0.2, 0) is 17.8 Å². The molecule has 1 aromatic carbocycles. The van der Waals surface area contributed by atoms with Gasteiger partial charge >= 0.3 is 0 Å². The number of hydrogen-bond donors (Lipinski definition) is 1. The van der Waals surface area contributed by atoms with Gasteiger partial charge in [-0.15, -0.1) is 11.3 Å². The summed E-state index contributed by atoms with van der Waals surface area (Å²) < 4.78 is 5.70. The van der Waals surface area contributed by atoms with E-state index >= 15 is 0 Å². The van der Waals surface area contributed by atoms with E-state index in [-0.39, 0.29) is 5.91 Å². The number of carbonyl (C=O) groups is 1. The number of piperidine rings is 1. The molecule has 1 amide bonds. The third kappa shape index (κ3) is 5.81. The third-order valence-electron chi connectivity index (χ3n) is 4.66. The minimum absolute atomic E-state index is 0.0367. The van der Waals surface area contributed by atoms with Crippen LogP contribution in [0.1, 0.15) is 36.9 Å². The lowest BCUT2D eigenvalue weighted by Gasteiger charge is -2.32. The third-order valence-corrected chi connectivity index (χ3v) is 5.53. The Kier molecular flexibility index (Phi) is 7.03. The number of ether oxygens (including phenoxy) is 1. The Labute approximate surface area is 159 Å². The van der Waals surface area contributed by atoms with E-state index in [9.17, 15) is 4.79 Å². The van der Waals surface area contributed by atoms with Gasteiger partial charge in [0.25, 0.3) is 0 Å². The normalized spacial score (nSPS) is 16.2. The molecule has 0 radical (unpaired) electrons. The number of amides is 1. The summed E-state index contributed by atoms with van der Waals surface area (Å²) in [7, 11) is 0. The second-order valence-electron chi connectivity index (χ2n) is 6.76. The van der Waals surface area contributed by atoms with Crippen LogP contribution in [0.4, 0.5) is 0 Å². The zero-order chi connectivity index (χ0) is 18.2. The number of rotatable bonds is 8. The zero-order valence-corrected chi connectivity index (χ0v) is 16.1. The molecule has 6 heteroatoms. The Bertz CT molecular complexity index is 683. The molecule has 2 aromatic rings. The average Bonchev–Trinajstić information content (AvgIpc) is 3.13. The summed E-state index contributed by atoms with van der Waals surface area (Å²) in [6.45, 7) is 5.62. The molecule has 26 heavy (non-hydrogen) atoms. The first-order chi connectivity index (χ1) is 12.7. The number of carbonyl (C=O) groups excluding carboxylic acids is 1. The molecule has 0 saturated carbocycles. The van der Waals surface area contributed by atoms with Crippen molar-refractivity contribution in [3.8, 4) is 5.75 Å². The van der Waals surface area contributed by atoms with Gasteiger partial charge in [-0.2, -0.15) is 0 Å². The molecular formula is C20H27N3O2S. The van der Waals surface area contributed by atoms with Gasteiger partial charge in [0.15, 0.2) is 0 Å². The molecule has 1 fully saturated rings. The van der Waals surface area contributed by atoms with Crippen molar-refractivity contribution in [1.82, 2.24) is 15.2 Å². The maximum absolute atomic E-state index is 12.2. The summed E-state index contributed by atoms with van der Waals surface area (Å²) in [5.74, 6) is 0.864. The van der Waals surface area contributed by atoms with Gasteiger partial charge < -0.3 is 10.1 Å². The Hall–Kier alpha value is -1.92. The van der Waals surface area contributed by atoms with Crippen molar-refractivity contribution in [2.24, 2.45) is 0 Å². The summed E-state index contributed by atoms with van der Waals surface area (Å²) in [6.07, 6.45) is 4.19. The molecule has 1 N–H and O–H groups in total. The van der Waals surface area contributed by atoms with E-state index in [0.29, 0.717) is 25.6 Å². The van der Waals surface area contributed by atoms with Gasteiger partial charge in [-0.1, -0.05) is 24.6 Å². The van der Waals surface area contributed by atoms with Crippen molar-refractivity contribution < 1.29 is 9.53 Å². The number of benzene rings is 1. The van der Waals surface area contributed by atoms with E-state index in [0.717, 1.165) is 29.5 Å². The fourth-order valence-corrected chi connectivity index (χ4v) is 3.84. The second kappa shape index (κ2) is 9.69. The van der Waals surface area contributed by atoms with Crippen LogP contribution < -0.4 is 10.1 Å². The van der Waals surface area contributed by atoms with Crippen LogP contribution in [0.5, 0.6) is 5.75 Å². The van der Waals surface area contributed by atoms with Gasteiger partial charge in [-0.05, 0) is 45.0 Å². The van der Waals surface area contributed by atoms with Gasteiger partial charge in [0.2, 0.25) is 5.91 Å². The lowest BCUT2D eigenvalue weighted by atomic mass is 10.1. The lowest BCUT2D eigenvalue weighted by Crippen LogP contribution is -2.44. The summed E-state index contributed by atoms with van der Waals surface area (Å²) in [4.78, 5) is 19.2. The summed E-state index contributed by atoms with van der Waals surface area (Å²) in [5.41, 5.74) is 0.810. The number of nitrogens with zero attached hydrogens (tertiary/aromatic N) is 2. The molecule has 5 nitrogen and oxygen atoms in total. The highest BCUT2D eigenvalue weighted by molar-refractivity contribution is 7.09. The van der Waals surface area contributed by atoms with E-state index in [4.69, 9.17) is 4.74 Å². The van der Waals surface area contributed by atoms with E-state index in [2.05, 4.69) is 22.1 Å². The quantitative estimate of drug-likeness (QED) is 0.772. The molecule has 1 aliphatic heterocycles. The van der Waals surface area contributed by atoms with Crippen molar-refractivity contribution in [1.29, 1.82) is 0 Å². The smallest absolute Gasteiger partial charge is 0.226 e. The fourth-order valence-electron chi connectivity index (χ4n) is 3.13. The van der Waals surface area contributed by atoms with E-state index in [1.165, 1.54) is 30.6 Å². The highest BCUT2D eigenvalue weighted by atomic mass is 32.1. The molecule has 1 atom stereocenters. The number of nitrogens with one attached hydrogen (secondary N) is 1. The summed E-state index contributed by atoms with van der Waals surface area (Å²) in [5, 5.41) is 5.88. The average molecular weight is 374 g/mol. The molecule has 2 heterocycles. The van der Waals surface area contributed by atoms with Gasteiger partial charge in [-0.3, -0.25) is 9.69 Å². The first kappa shape index (κ1) is 18.9. The van der Waals surface area contributed by atoms with E-state index in [1.54, 1.807) is 0 Å². The molecule has 0 spiro atoms. The number of hydrogen-bond acceptors (Lipinski definition) is 5. The SMILES string of the molecule is CC(CNC(=O)Cc1csc(COc2ccccc2)n1)N1CCCCC1. The topological polar surface area (TPSA) is 54.5 Å². The number of thiazole rings is 1. The molecule has 0 bridgehead atoms. The second-order valence-corrected chi connectivity index (χ2v) is 7.70. The van der Waals surface area contributed by atoms with Crippen molar-refractivity contribution in [3.63, 3.8) is 0 Å². The van der Waals surface area contributed by atoms with Crippen LogP contribution in [0.3, 0.4) is 0 Å². The van der Waals surface area contributed by atoms with Crippen LogP contribution in [0.2, 0.25) is 0 Å². The predicted octanol–water partition coefficient (Wildman–Crippen LogP) is 3.26. The van der Waals surface area contributed by atoms with Gasteiger partial charge in [0.05, 0.1) is 12.1 Å². The van der Waals surface area contributed by atoms with Crippen LogP contribution in [0, 0.1) is 0 Å². The fraction of sp³-hybridized carbons (Fsp3) is 0.500. The number of para-hydroxylation sites is 1. The minimum Gasteiger partial charge on any atom is -0.486 e. The highest BCUT2D eigenvalue weighted by Crippen LogP contribution is 2.15. The van der Waals surface area contributed by atoms with Crippen LogP contribution >= 0.6 is 11.3 Å². The lowest BCUT2D eigenvalue weighted by molar-refractivity contribution is -0.120. The minimum atomic E-state index is 0.0367. The van der Waals surface area contributed by atoms with E-state index < -0.39 is 0 Å². The molecule has 1 aliphatic rings.